The number of anilines is 1. The molecule has 0 spiro atoms. The zero-order valence-electron chi connectivity index (χ0n) is 11.8. The van der Waals surface area contributed by atoms with Crippen LogP contribution in [0.5, 0.6) is 0 Å². The van der Waals surface area contributed by atoms with Gasteiger partial charge in [0.2, 0.25) is 0 Å². The summed E-state index contributed by atoms with van der Waals surface area (Å²) in [7, 11) is 0. The highest BCUT2D eigenvalue weighted by atomic mass is 35.5. The average molecular weight is 282 g/mol. The number of hydrogen-bond donors (Lipinski definition) is 1. The van der Waals surface area contributed by atoms with Gasteiger partial charge in [-0.05, 0) is 54.2 Å². The quantitative estimate of drug-likeness (QED) is 0.795. The minimum atomic E-state index is -0.253. The average Bonchev–Trinajstić information content (AvgIpc) is 2.65. The molecule has 0 radical (unpaired) electrons. The molecule has 0 heterocycles. The summed E-state index contributed by atoms with van der Waals surface area (Å²) in [6, 6.07) is 5.23. The van der Waals surface area contributed by atoms with Crippen molar-refractivity contribution in [1.82, 2.24) is 0 Å². The number of hydrogen-bond acceptors (Lipinski definition) is 1. The molecule has 3 unspecified atom stereocenters. The molecule has 1 N–H and O–H groups in total. The first kappa shape index (κ1) is 13.2. The van der Waals surface area contributed by atoms with Gasteiger partial charge < -0.3 is 5.32 Å². The van der Waals surface area contributed by atoms with E-state index in [0.29, 0.717) is 22.2 Å². The van der Waals surface area contributed by atoms with Gasteiger partial charge in [0.1, 0.15) is 5.82 Å². The Balaban J connectivity index is 1.86. The van der Waals surface area contributed by atoms with Crippen LogP contribution in [0.4, 0.5) is 10.1 Å². The molecule has 2 bridgehead atoms. The largest absolute Gasteiger partial charge is 0.379 e. The van der Waals surface area contributed by atoms with E-state index in [1.165, 1.54) is 18.9 Å². The molecule has 1 aromatic carbocycles. The van der Waals surface area contributed by atoms with E-state index in [4.69, 9.17) is 11.6 Å². The maximum Gasteiger partial charge on any atom is 0.147 e. The number of benzene rings is 1. The molecule has 2 aliphatic rings. The van der Waals surface area contributed by atoms with Gasteiger partial charge in [0.05, 0.1) is 5.69 Å². The van der Waals surface area contributed by atoms with E-state index in [1.54, 1.807) is 12.1 Å². The third-order valence-corrected chi connectivity index (χ3v) is 6.29. The number of halogens is 2. The Morgan fingerprint density at radius 3 is 2.58 bits per heavy atom. The summed E-state index contributed by atoms with van der Waals surface area (Å²) >= 11 is 5.80. The fraction of sp³-hybridized carbons (Fsp3) is 0.625. The van der Waals surface area contributed by atoms with Gasteiger partial charge in [-0.2, -0.15) is 0 Å². The van der Waals surface area contributed by atoms with Crippen molar-refractivity contribution < 1.29 is 4.39 Å². The smallest absolute Gasteiger partial charge is 0.147 e. The van der Waals surface area contributed by atoms with Crippen LogP contribution in [0.15, 0.2) is 18.2 Å². The lowest BCUT2D eigenvalue weighted by atomic mass is 9.69. The van der Waals surface area contributed by atoms with Crippen molar-refractivity contribution in [3.05, 3.63) is 29.0 Å². The van der Waals surface area contributed by atoms with Gasteiger partial charge in [-0.25, -0.2) is 4.39 Å². The van der Waals surface area contributed by atoms with Crippen molar-refractivity contribution >= 4 is 17.3 Å². The normalized spacial score (nSPS) is 35.6. The summed E-state index contributed by atoms with van der Waals surface area (Å²) in [6.07, 6.45) is 3.69. The molecule has 3 heteroatoms. The van der Waals surface area contributed by atoms with Gasteiger partial charge in [0.25, 0.3) is 0 Å². The van der Waals surface area contributed by atoms with Crippen LogP contribution in [0.2, 0.25) is 5.02 Å². The van der Waals surface area contributed by atoms with E-state index in [-0.39, 0.29) is 11.2 Å². The van der Waals surface area contributed by atoms with Crippen molar-refractivity contribution in [2.45, 2.75) is 46.1 Å². The van der Waals surface area contributed by atoms with E-state index in [0.717, 1.165) is 12.3 Å². The Morgan fingerprint density at radius 1 is 1.32 bits per heavy atom. The summed E-state index contributed by atoms with van der Waals surface area (Å²) in [4.78, 5) is 0. The molecule has 1 nitrogen and oxygen atoms in total. The maximum atomic E-state index is 13.9. The molecule has 0 saturated heterocycles. The van der Waals surface area contributed by atoms with Crippen LogP contribution >= 0.6 is 11.6 Å². The molecule has 2 aliphatic carbocycles. The van der Waals surface area contributed by atoms with E-state index in [2.05, 4.69) is 26.1 Å². The monoisotopic (exact) mass is 281 g/mol. The maximum absolute atomic E-state index is 13.9. The molecule has 19 heavy (non-hydrogen) atoms. The van der Waals surface area contributed by atoms with E-state index < -0.39 is 0 Å². The highest BCUT2D eigenvalue weighted by Gasteiger charge is 2.61. The van der Waals surface area contributed by atoms with Crippen LogP contribution < -0.4 is 5.32 Å². The Morgan fingerprint density at radius 2 is 2.05 bits per heavy atom. The highest BCUT2D eigenvalue weighted by molar-refractivity contribution is 6.30. The van der Waals surface area contributed by atoms with E-state index in [9.17, 15) is 4.39 Å². The summed E-state index contributed by atoms with van der Waals surface area (Å²) in [5, 5.41) is 3.88. The zero-order valence-corrected chi connectivity index (χ0v) is 12.5. The topological polar surface area (TPSA) is 12.0 Å². The molecule has 2 saturated carbocycles. The Labute approximate surface area is 119 Å². The Kier molecular flexibility index (Phi) is 2.87. The molecule has 3 rings (SSSR count). The minimum Gasteiger partial charge on any atom is -0.379 e. The zero-order chi connectivity index (χ0) is 13.8. The summed E-state index contributed by atoms with van der Waals surface area (Å²) in [5.41, 5.74) is 1.18. The summed E-state index contributed by atoms with van der Waals surface area (Å²) in [5.74, 6) is 0.502. The summed E-state index contributed by atoms with van der Waals surface area (Å²) in [6.45, 7) is 7.08. The van der Waals surface area contributed by atoms with Gasteiger partial charge >= 0.3 is 0 Å². The second-order valence-electron chi connectivity index (χ2n) is 6.93. The first-order valence-electron chi connectivity index (χ1n) is 7.06. The van der Waals surface area contributed by atoms with Crippen LogP contribution in [0, 0.1) is 22.6 Å². The molecule has 0 amide bonds. The third kappa shape index (κ3) is 1.79. The first-order chi connectivity index (χ1) is 8.84. The lowest BCUT2D eigenvalue weighted by Crippen LogP contribution is -2.40. The molecule has 2 fully saturated rings. The fourth-order valence-electron chi connectivity index (χ4n) is 4.22. The van der Waals surface area contributed by atoms with Crippen LogP contribution in [0.3, 0.4) is 0 Å². The van der Waals surface area contributed by atoms with Gasteiger partial charge in [-0.1, -0.05) is 32.4 Å². The lowest BCUT2D eigenvalue weighted by Gasteiger charge is -2.40. The van der Waals surface area contributed by atoms with Crippen LogP contribution in [0.1, 0.15) is 40.0 Å². The molecule has 3 atom stereocenters. The van der Waals surface area contributed by atoms with E-state index >= 15 is 0 Å². The van der Waals surface area contributed by atoms with Crippen molar-refractivity contribution in [3.8, 4) is 0 Å². The van der Waals surface area contributed by atoms with Gasteiger partial charge in [-0.15, -0.1) is 0 Å². The van der Waals surface area contributed by atoms with Crippen LogP contribution in [0.25, 0.3) is 0 Å². The molecular formula is C16H21ClFN. The number of fused-ring (bicyclic) bond motifs is 2. The first-order valence-corrected chi connectivity index (χ1v) is 7.44. The molecular weight excluding hydrogens is 261 g/mol. The van der Waals surface area contributed by atoms with Crippen molar-refractivity contribution in [2.24, 2.45) is 16.7 Å². The summed E-state index contributed by atoms with van der Waals surface area (Å²) < 4.78 is 13.9. The van der Waals surface area contributed by atoms with Gasteiger partial charge in [-0.3, -0.25) is 0 Å². The van der Waals surface area contributed by atoms with E-state index in [1.807, 2.05) is 0 Å². The second kappa shape index (κ2) is 4.12. The number of nitrogens with one attached hydrogen (secondary N) is 1. The lowest BCUT2D eigenvalue weighted by molar-refractivity contribution is 0.142. The molecule has 104 valence electrons. The fourth-order valence-corrected chi connectivity index (χ4v) is 4.38. The minimum absolute atomic E-state index is 0.253. The van der Waals surface area contributed by atoms with Crippen molar-refractivity contribution in [1.29, 1.82) is 0 Å². The SMILES string of the molecule is CC1(C)C2CCC1(C)C(Nc1ccc(Cl)cc1F)C2. The number of rotatable bonds is 2. The molecule has 0 aromatic heterocycles. The Hall–Kier alpha value is -0.760. The van der Waals surface area contributed by atoms with Gasteiger partial charge in [0.15, 0.2) is 0 Å². The second-order valence-corrected chi connectivity index (χ2v) is 7.37. The van der Waals surface area contributed by atoms with Gasteiger partial charge in [0, 0.05) is 11.1 Å². The molecule has 1 aromatic rings. The molecule has 0 aliphatic heterocycles. The third-order valence-electron chi connectivity index (χ3n) is 6.05. The van der Waals surface area contributed by atoms with Crippen LogP contribution in [-0.4, -0.2) is 6.04 Å². The predicted molar refractivity (Wildman–Crippen MR) is 78.0 cm³/mol. The predicted octanol–water partition coefficient (Wildman–Crippen LogP) is 5.11. The Bertz CT molecular complexity index is 513. The van der Waals surface area contributed by atoms with Crippen molar-refractivity contribution in [2.75, 3.05) is 5.32 Å². The van der Waals surface area contributed by atoms with Crippen molar-refractivity contribution in [3.63, 3.8) is 0 Å². The highest BCUT2D eigenvalue weighted by Crippen LogP contribution is 2.65. The standard InChI is InChI=1S/C16H21ClFN/c1-15(2)10-6-7-16(15,3)14(8-10)19-13-5-4-11(17)9-12(13)18/h4-5,9-10,14,19H,6-8H2,1-3H3. The van der Waals surface area contributed by atoms with Crippen LogP contribution in [-0.2, 0) is 0 Å².